The summed E-state index contributed by atoms with van der Waals surface area (Å²) < 4.78 is 11.3. The van der Waals surface area contributed by atoms with Crippen molar-refractivity contribution in [2.24, 2.45) is 0 Å². The Kier molecular flexibility index (Phi) is 6.27. The van der Waals surface area contributed by atoms with Gasteiger partial charge < -0.3 is 14.4 Å². The Morgan fingerprint density at radius 2 is 1.96 bits per heavy atom. The fourth-order valence-electron chi connectivity index (χ4n) is 2.79. The van der Waals surface area contributed by atoms with Gasteiger partial charge in [0.2, 0.25) is 5.91 Å². The zero-order chi connectivity index (χ0) is 18.5. The average molecular weight is 434 g/mol. The number of methoxy groups -OCH3 is 2. The van der Waals surface area contributed by atoms with Crippen molar-refractivity contribution >= 4 is 39.7 Å². The number of benzene rings is 2. The van der Waals surface area contributed by atoms with Crippen LogP contribution in [0.1, 0.15) is 16.5 Å². The number of thioether (sulfide) groups is 1. The summed E-state index contributed by atoms with van der Waals surface area (Å²) in [5, 5.41) is 0.0187. The molecule has 1 amide bonds. The van der Waals surface area contributed by atoms with Gasteiger partial charge in [0, 0.05) is 18.4 Å². The maximum atomic E-state index is 12.7. The first-order chi connectivity index (χ1) is 12.6. The molecule has 0 bridgehead atoms. The van der Waals surface area contributed by atoms with Gasteiger partial charge >= 0.3 is 0 Å². The summed E-state index contributed by atoms with van der Waals surface area (Å²) in [5.74, 6) is 2.53. The predicted octanol–water partition coefficient (Wildman–Crippen LogP) is 4.75. The van der Waals surface area contributed by atoms with Crippen molar-refractivity contribution in [2.45, 2.75) is 5.37 Å². The van der Waals surface area contributed by atoms with Gasteiger partial charge in [-0.1, -0.05) is 18.2 Å². The van der Waals surface area contributed by atoms with Crippen molar-refractivity contribution in [1.29, 1.82) is 0 Å². The Morgan fingerprint density at radius 1 is 1.19 bits per heavy atom. The number of ether oxygens (including phenoxy) is 2. The van der Waals surface area contributed by atoms with E-state index in [0.29, 0.717) is 0 Å². The lowest BCUT2D eigenvalue weighted by molar-refractivity contribution is -0.126. The number of nitrogens with zero attached hydrogens (tertiary/aromatic N) is 1. The maximum absolute atomic E-state index is 12.7. The number of carbonyl (C=O) groups is 1. The van der Waals surface area contributed by atoms with Crippen LogP contribution in [0.25, 0.3) is 6.08 Å². The number of rotatable bonds is 5. The highest BCUT2D eigenvalue weighted by Gasteiger charge is 2.29. The Morgan fingerprint density at radius 3 is 2.62 bits per heavy atom. The summed E-state index contributed by atoms with van der Waals surface area (Å²) in [5.41, 5.74) is 2.06. The lowest BCUT2D eigenvalue weighted by atomic mass is 10.2. The van der Waals surface area contributed by atoms with Crippen LogP contribution < -0.4 is 9.47 Å². The van der Waals surface area contributed by atoms with E-state index in [1.54, 1.807) is 32.1 Å². The molecule has 1 aliphatic heterocycles. The van der Waals surface area contributed by atoms with Crippen LogP contribution >= 0.6 is 27.7 Å². The van der Waals surface area contributed by atoms with E-state index >= 15 is 0 Å². The van der Waals surface area contributed by atoms with Gasteiger partial charge in [0.05, 0.1) is 18.7 Å². The predicted molar refractivity (Wildman–Crippen MR) is 110 cm³/mol. The van der Waals surface area contributed by atoms with E-state index in [0.717, 1.165) is 39.4 Å². The molecule has 136 valence electrons. The van der Waals surface area contributed by atoms with Crippen LogP contribution in [0.4, 0.5) is 0 Å². The Balaban J connectivity index is 1.73. The minimum absolute atomic E-state index is 0.0164. The van der Waals surface area contributed by atoms with Gasteiger partial charge in [-0.2, -0.15) is 0 Å². The van der Waals surface area contributed by atoms with Gasteiger partial charge in [-0.25, -0.2) is 0 Å². The molecule has 1 fully saturated rings. The summed E-state index contributed by atoms with van der Waals surface area (Å²) >= 11 is 5.30. The highest BCUT2D eigenvalue weighted by molar-refractivity contribution is 9.10. The van der Waals surface area contributed by atoms with Crippen LogP contribution in [0, 0.1) is 0 Å². The summed E-state index contributed by atoms with van der Waals surface area (Å²) in [6.07, 6.45) is 3.48. The van der Waals surface area contributed by atoms with E-state index in [1.807, 2.05) is 53.4 Å². The molecule has 2 aromatic rings. The SMILES string of the molecule is COc1ccc(/C=C/C(=O)N2CCSC2c2ccc(OC)c(Br)c2)cc1. The van der Waals surface area contributed by atoms with Crippen LogP contribution in [0.15, 0.2) is 53.0 Å². The third kappa shape index (κ3) is 4.24. The summed E-state index contributed by atoms with van der Waals surface area (Å²) in [7, 11) is 3.28. The van der Waals surface area contributed by atoms with Crippen molar-refractivity contribution in [1.82, 2.24) is 4.90 Å². The Hall–Kier alpha value is -1.92. The number of amides is 1. The molecular weight excluding hydrogens is 414 g/mol. The smallest absolute Gasteiger partial charge is 0.247 e. The van der Waals surface area contributed by atoms with Gasteiger partial charge in [-0.05, 0) is 57.4 Å². The highest BCUT2D eigenvalue weighted by atomic mass is 79.9. The van der Waals surface area contributed by atoms with Crippen molar-refractivity contribution in [2.75, 3.05) is 26.5 Å². The molecule has 0 radical (unpaired) electrons. The molecule has 0 saturated carbocycles. The molecule has 1 atom stereocenters. The van der Waals surface area contributed by atoms with E-state index in [-0.39, 0.29) is 11.3 Å². The summed E-state index contributed by atoms with van der Waals surface area (Å²) in [4.78, 5) is 14.6. The molecule has 6 heteroatoms. The Bertz CT molecular complexity index is 807. The first kappa shape index (κ1) is 18.9. The Labute approximate surface area is 166 Å². The van der Waals surface area contributed by atoms with Crippen molar-refractivity contribution in [3.05, 3.63) is 64.1 Å². The standard InChI is InChI=1S/C20H20BrNO3S/c1-24-16-7-3-14(4-8-16)5-10-19(23)22-11-12-26-20(22)15-6-9-18(25-2)17(21)13-15/h3-10,13,20H,11-12H2,1-2H3/b10-5+. The van der Waals surface area contributed by atoms with Crippen LogP contribution in [0.2, 0.25) is 0 Å². The molecular formula is C20H20BrNO3S. The van der Waals surface area contributed by atoms with Crippen LogP contribution in [-0.4, -0.2) is 37.3 Å². The van der Waals surface area contributed by atoms with Crippen LogP contribution in [-0.2, 0) is 4.79 Å². The lowest BCUT2D eigenvalue weighted by Gasteiger charge is -2.23. The summed E-state index contributed by atoms with van der Waals surface area (Å²) in [6.45, 7) is 0.741. The second-order valence-electron chi connectivity index (χ2n) is 5.76. The molecule has 26 heavy (non-hydrogen) atoms. The zero-order valence-electron chi connectivity index (χ0n) is 14.6. The van der Waals surface area contributed by atoms with E-state index in [1.165, 1.54) is 0 Å². The van der Waals surface area contributed by atoms with Crippen LogP contribution in [0.5, 0.6) is 11.5 Å². The third-order valence-corrected chi connectivity index (χ3v) is 6.05. The van der Waals surface area contributed by atoms with Gasteiger partial charge in [0.25, 0.3) is 0 Å². The van der Waals surface area contributed by atoms with E-state index in [2.05, 4.69) is 15.9 Å². The van der Waals surface area contributed by atoms with Gasteiger partial charge in [0.1, 0.15) is 16.9 Å². The monoisotopic (exact) mass is 433 g/mol. The lowest BCUT2D eigenvalue weighted by Crippen LogP contribution is -2.28. The molecule has 4 nitrogen and oxygen atoms in total. The molecule has 3 rings (SSSR count). The number of carbonyl (C=O) groups excluding carboxylic acids is 1. The van der Waals surface area contributed by atoms with Gasteiger partial charge in [0.15, 0.2) is 0 Å². The third-order valence-electron chi connectivity index (χ3n) is 4.17. The van der Waals surface area contributed by atoms with E-state index in [9.17, 15) is 4.79 Å². The van der Waals surface area contributed by atoms with Crippen LogP contribution in [0.3, 0.4) is 0 Å². The number of hydrogen-bond donors (Lipinski definition) is 0. The molecule has 0 aromatic heterocycles. The largest absolute Gasteiger partial charge is 0.497 e. The van der Waals surface area contributed by atoms with Crippen molar-refractivity contribution < 1.29 is 14.3 Å². The topological polar surface area (TPSA) is 38.8 Å². The normalized spacial score (nSPS) is 16.9. The average Bonchev–Trinajstić information content (AvgIpc) is 3.16. The molecule has 1 heterocycles. The number of halogens is 1. The molecule has 2 aromatic carbocycles. The van der Waals surface area contributed by atoms with Gasteiger partial charge in [-0.15, -0.1) is 11.8 Å². The van der Waals surface area contributed by atoms with E-state index in [4.69, 9.17) is 9.47 Å². The second kappa shape index (κ2) is 8.64. The molecule has 1 unspecified atom stereocenters. The minimum Gasteiger partial charge on any atom is -0.497 e. The molecule has 1 saturated heterocycles. The first-order valence-electron chi connectivity index (χ1n) is 8.20. The second-order valence-corrected chi connectivity index (χ2v) is 7.80. The van der Waals surface area contributed by atoms with Crippen molar-refractivity contribution in [3.63, 3.8) is 0 Å². The quantitative estimate of drug-likeness (QED) is 0.637. The minimum atomic E-state index is 0.0164. The van der Waals surface area contributed by atoms with Gasteiger partial charge in [-0.3, -0.25) is 4.79 Å². The highest BCUT2D eigenvalue weighted by Crippen LogP contribution is 2.40. The van der Waals surface area contributed by atoms with E-state index < -0.39 is 0 Å². The van der Waals surface area contributed by atoms with Crippen molar-refractivity contribution in [3.8, 4) is 11.5 Å². The zero-order valence-corrected chi connectivity index (χ0v) is 17.0. The molecule has 1 aliphatic rings. The molecule has 0 N–H and O–H groups in total. The fraction of sp³-hybridized carbons (Fsp3) is 0.250. The first-order valence-corrected chi connectivity index (χ1v) is 10.0. The summed E-state index contributed by atoms with van der Waals surface area (Å²) in [6, 6.07) is 13.6. The molecule has 0 aliphatic carbocycles. The maximum Gasteiger partial charge on any atom is 0.247 e. The fourth-order valence-corrected chi connectivity index (χ4v) is 4.60. The molecule has 0 spiro atoms. The number of hydrogen-bond acceptors (Lipinski definition) is 4.